The molecule has 0 fully saturated rings. The molecule has 1 aromatic carbocycles. The third-order valence-electron chi connectivity index (χ3n) is 3.74. The van der Waals surface area contributed by atoms with Crippen LogP contribution >= 0.6 is 0 Å². The molecule has 1 aromatic rings. The number of allylic oxidation sites excluding steroid dienone is 2. The molecule has 0 aromatic heterocycles. The Morgan fingerprint density at radius 1 is 1.21 bits per heavy atom. The Hall–Kier alpha value is -2.51. The number of hydrogen-bond acceptors (Lipinski definition) is 4. The summed E-state index contributed by atoms with van der Waals surface area (Å²) in [4.78, 5) is 23.5. The monoisotopic (exact) mass is 342 g/mol. The minimum absolute atomic E-state index is 0.213. The molecule has 24 heavy (non-hydrogen) atoms. The number of nitrogens with one attached hydrogen (secondary N) is 1. The fraction of sp³-hybridized carbons (Fsp3) is 0.375. The zero-order chi connectivity index (χ0) is 17.9. The van der Waals surface area contributed by atoms with Crippen molar-refractivity contribution in [2.45, 2.75) is 26.1 Å². The van der Waals surface area contributed by atoms with Gasteiger partial charge in [-0.05, 0) is 44.0 Å². The summed E-state index contributed by atoms with van der Waals surface area (Å²) in [5, 5.41) is 13.7. The maximum Gasteiger partial charge on any atom is 0.573 e. The summed E-state index contributed by atoms with van der Waals surface area (Å²) < 4.78 is 40.0. The van der Waals surface area contributed by atoms with Crippen LogP contribution in [0.25, 0.3) is 0 Å². The lowest BCUT2D eigenvalue weighted by Crippen LogP contribution is -2.42. The van der Waals surface area contributed by atoms with Crippen LogP contribution in [0.1, 0.15) is 19.8 Å². The van der Waals surface area contributed by atoms with E-state index in [-0.39, 0.29) is 12.1 Å². The van der Waals surface area contributed by atoms with E-state index in [2.05, 4.69) is 10.1 Å². The van der Waals surface area contributed by atoms with Gasteiger partial charge in [-0.15, -0.1) is 13.2 Å². The normalized spacial score (nSPS) is 20.9. The lowest BCUT2D eigenvalue weighted by molar-refractivity contribution is -0.313. The van der Waals surface area contributed by atoms with Crippen molar-refractivity contribution in [3.63, 3.8) is 0 Å². The molecule has 0 aliphatic heterocycles. The van der Waals surface area contributed by atoms with E-state index < -0.39 is 35.8 Å². The molecular formula is C16H15F3NO4-. The zero-order valence-electron chi connectivity index (χ0n) is 12.7. The molecule has 0 saturated carbocycles. The number of anilines is 1. The Kier molecular flexibility index (Phi) is 5.16. The predicted octanol–water partition coefficient (Wildman–Crippen LogP) is 2.25. The number of hydrogen-bond donors (Lipinski definition) is 1. The van der Waals surface area contributed by atoms with E-state index in [0.717, 1.165) is 17.7 Å². The molecular weight excluding hydrogens is 327 g/mol. The van der Waals surface area contributed by atoms with E-state index >= 15 is 0 Å². The van der Waals surface area contributed by atoms with Gasteiger partial charge in [-0.1, -0.05) is 11.6 Å². The van der Waals surface area contributed by atoms with Crippen LogP contribution in [0.2, 0.25) is 0 Å². The van der Waals surface area contributed by atoms with E-state index in [1.807, 2.05) is 0 Å². The lowest BCUT2D eigenvalue weighted by Gasteiger charge is -2.30. The third kappa shape index (κ3) is 4.74. The van der Waals surface area contributed by atoms with Crippen LogP contribution in [0.4, 0.5) is 18.9 Å². The van der Waals surface area contributed by atoms with Crippen LogP contribution in [0.3, 0.4) is 0 Å². The van der Waals surface area contributed by atoms with Crippen molar-refractivity contribution in [3.05, 3.63) is 35.9 Å². The number of carbonyl (C=O) groups excluding carboxylic acids is 2. The van der Waals surface area contributed by atoms with Crippen molar-refractivity contribution in [2.75, 3.05) is 5.32 Å². The van der Waals surface area contributed by atoms with E-state index in [9.17, 15) is 27.9 Å². The van der Waals surface area contributed by atoms with Crippen LogP contribution in [-0.4, -0.2) is 18.2 Å². The van der Waals surface area contributed by atoms with E-state index in [1.54, 1.807) is 13.0 Å². The Bertz CT molecular complexity index is 652. The molecule has 0 spiro atoms. The molecule has 0 bridgehead atoms. The van der Waals surface area contributed by atoms with Crippen molar-refractivity contribution >= 4 is 17.6 Å². The van der Waals surface area contributed by atoms with Crippen LogP contribution in [0.15, 0.2) is 35.9 Å². The highest BCUT2D eigenvalue weighted by Crippen LogP contribution is 2.31. The number of carbonyl (C=O) groups is 2. The lowest BCUT2D eigenvalue weighted by atomic mass is 9.79. The molecule has 0 heterocycles. The van der Waals surface area contributed by atoms with Gasteiger partial charge in [0.25, 0.3) is 0 Å². The maximum atomic E-state index is 12.3. The Balaban J connectivity index is 2.05. The number of alkyl halides is 3. The second-order valence-electron chi connectivity index (χ2n) is 5.58. The first-order valence-electron chi connectivity index (χ1n) is 7.19. The number of ether oxygens (including phenoxy) is 1. The van der Waals surface area contributed by atoms with Gasteiger partial charge in [0.15, 0.2) is 0 Å². The zero-order valence-corrected chi connectivity index (χ0v) is 12.7. The molecule has 0 saturated heterocycles. The number of halogens is 3. The van der Waals surface area contributed by atoms with Crippen LogP contribution < -0.4 is 15.2 Å². The quantitative estimate of drug-likeness (QED) is 0.851. The molecule has 1 N–H and O–H groups in total. The molecule has 1 aliphatic rings. The standard InChI is InChI=1S/C16H16F3NO4/c1-9-2-7-12(15(22)23)13(8-9)14(21)20-10-3-5-11(6-4-10)24-16(17,18)19/h2-6,12-13H,7-8H2,1H3,(H,20,21)(H,22,23)/p-1/t12-,13-/m1/s1. The van der Waals surface area contributed by atoms with Crippen LogP contribution in [0, 0.1) is 11.8 Å². The first-order chi connectivity index (χ1) is 11.2. The van der Waals surface area contributed by atoms with Crippen molar-refractivity contribution in [3.8, 4) is 5.75 Å². The van der Waals surface area contributed by atoms with Gasteiger partial charge in [0.2, 0.25) is 5.91 Å². The highest BCUT2D eigenvalue weighted by atomic mass is 19.4. The average molecular weight is 342 g/mol. The highest BCUT2D eigenvalue weighted by molar-refractivity contribution is 5.95. The van der Waals surface area contributed by atoms with Gasteiger partial charge in [0, 0.05) is 17.6 Å². The number of aliphatic carboxylic acids is 1. The SMILES string of the molecule is CC1=CC[C@@H](C(=O)[O-])[C@H](C(=O)Nc2ccc(OC(F)(F)F)cc2)C1. The Morgan fingerprint density at radius 3 is 2.38 bits per heavy atom. The third-order valence-corrected chi connectivity index (χ3v) is 3.74. The maximum absolute atomic E-state index is 12.3. The largest absolute Gasteiger partial charge is 0.573 e. The number of amides is 1. The molecule has 8 heteroatoms. The molecule has 1 aliphatic carbocycles. The number of benzene rings is 1. The molecule has 1 amide bonds. The van der Waals surface area contributed by atoms with Crippen molar-refractivity contribution in [1.82, 2.24) is 0 Å². The van der Waals surface area contributed by atoms with Crippen molar-refractivity contribution in [2.24, 2.45) is 11.8 Å². The van der Waals surface area contributed by atoms with E-state index in [0.29, 0.717) is 6.42 Å². The van der Waals surface area contributed by atoms with Crippen molar-refractivity contribution in [1.29, 1.82) is 0 Å². The second kappa shape index (κ2) is 6.94. The van der Waals surface area contributed by atoms with Crippen LogP contribution in [0.5, 0.6) is 5.75 Å². The van der Waals surface area contributed by atoms with Gasteiger partial charge in [-0.25, -0.2) is 0 Å². The van der Waals surface area contributed by atoms with Crippen molar-refractivity contribution < 1.29 is 32.6 Å². The Morgan fingerprint density at radius 2 is 1.83 bits per heavy atom. The number of carboxylic acid groups (broad SMARTS) is 1. The highest BCUT2D eigenvalue weighted by Gasteiger charge is 2.32. The molecule has 2 rings (SSSR count). The number of rotatable bonds is 4. The minimum Gasteiger partial charge on any atom is -0.550 e. The summed E-state index contributed by atoms with van der Waals surface area (Å²) in [6.45, 7) is 1.80. The summed E-state index contributed by atoms with van der Waals surface area (Å²) in [5.41, 5.74) is 1.15. The predicted molar refractivity (Wildman–Crippen MR) is 76.7 cm³/mol. The summed E-state index contributed by atoms with van der Waals surface area (Å²) >= 11 is 0. The van der Waals surface area contributed by atoms with Gasteiger partial charge in [-0.2, -0.15) is 0 Å². The molecule has 130 valence electrons. The fourth-order valence-corrected chi connectivity index (χ4v) is 2.58. The fourth-order valence-electron chi connectivity index (χ4n) is 2.58. The minimum atomic E-state index is -4.79. The van der Waals surface area contributed by atoms with Gasteiger partial charge in [0.05, 0.1) is 5.92 Å². The number of carboxylic acids is 1. The topological polar surface area (TPSA) is 78.5 Å². The first-order valence-corrected chi connectivity index (χ1v) is 7.19. The molecule has 0 radical (unpaired) electrons. The molecule has 0 unspecified atom stereocenters. The molecule has 5 nitrogen and oxygen atoms in total. The second-order valence-corrected chi connectivity index (χ2v) is 5.58. The smallest absolute Gasteiger partial charge is 0.550 e. The molecule has 2 atom stereocenters. The first kappa shape index (κ1) is 17.8. The van der Waals surface area contributed by atoms with Gasteiger partial charge in [-0.3, -0.25) is 4.79 Å². The summed E-state index contributed by atoms with van der Waals surface area (Å²) in [7, 11) is 0. The van der Waals surface area contributed by atoms with Gasteiger partial charge < -0.3 is 20.0 Å². The van der Waals surface area contributed by atoms with Gasteiger partial charge >= 0.3 is 6.36 Å². The summed E-state index contributed by atoms with van der Waals surface area (Å²) in [6.07, 6.45) is -2.53. The van der Waals surface area contributed by atoms with Gasteiger partial charge in [0.1, 0.15) is 5.75 Å². The average Bonchev–Trinajstić information content (AvgIpc) is 2.47. The summed E-state index contributed by atoms with van der Waals surface area (Å²) in [6, 6.07) is 4.62. The Labute approximate surface area is 136 Å². The van der Waals surface area contributed by atoms with E-state index in [4.69, 9.17) is 0 Å². The van der Waals surface area contributed by atoms with E-state index in [1.165, 1.54) is 12.1 Å². The summed E-state index contributed by atoms with van der Waals surface area (Å²) in [5.74, 6) is -3.94. The van der Waals surface area contributed by atoms with Crippen LogP contribution in [-0.2, 0) is 9.59 Å².